The number of carbonyl (C=O) groups excluding carboxylic acids is 1. The van der Waals surface area contributed by atoms with Gasteiger partial charge < -0.3 is 0 Å². The number of thiazole rings is 1. The predicted octanol–water partition coefficient (Wildman–Crippen LogP) is 3.09. The molecular weight excluding hydrogens is 374 g/mol. The Morgan fingerprint density at radius 1 is 1.12 bits per heavy atom. The number of hydrogen-bond donors (Lipinski definition) is 1. The van der Waals surface area contributed by atoms with Crippen molar-refractivity contribution in [3.8, 4) is 17.1 Å². The van der Waals surface area contributed by atoms with Crippen LogP contribution in [0.25, 0.3) is 17.1 Å². The molecule has 8 nitrogen and oxygen atoms in total. The highest BCUT2D eigenvalue weighted by atomic mass is 35.5. The summed E-state index contributed by atoms with van der Waals surface area (Å²) in [5.41, 5.74) is 2.31. The highest BCUT2D eigenvalue weighted by molar-refractivity contribution is 7.14. The van der Waals surface area contributed by atoms with Gasteiger partial charge in [-0.25, -0.2) is 9.67 Å². The lowest BCUT2D eigenvalue weighted by atomic mass is 10.3. The Hall–Kier alpha value is -3.17. The first kappa shape index (κ1) is 16.3. The molecule has 0 bridgehead atoms. The molecule has 0 aliphatic rings. The van der Waals surface area contributed by atoms with Crippen molar-refractivity contribution in [3.63, 3.8) is 0 Å². The monoisotopic (exact) mass is 383 g/mol. The van der Waals surface area contributed by atoms with Crippen LogP contribution < -0.4 is 5.32 Å². The smallest absolute Gasteiger partial charge is 0.277 e. The molecule has 1 amide bonds. The van der Waals surface area contributed by atoms with Crippen LogP contribution in [0, 0.1) is 0 Å². The van der Waals surface area contributed by atoms with Gasteiger partial charge in [-0.1, -0.05) is 16.8 Å². The van der Waals surface area contributed by atoms with E-state index < -0.39 is 0 Å². The average molecular weight is 384 g/mol. The molecule has 0 aromatic carbocycles. The first-order valence-corrected chi connectivity index (χ1v) is 8.66. The van der Waals surface area contributed by atoms with E-state index in [0.717, 1.165) is 0 Å². The van der Waals surface area contributed by atoms with E-state index in [0.29, 0.717) is 27.2 Å². The van der Waals surface area contributed by atoms with Crippen molar-refractivity contribution >= 4 is 34.0 Å². The number of hydrogen-bond acceptors (Lipinski definition) is 7. The van der Waals surface area contributed by atoms with Gasteiger partial charge in [0.05, 0.1) is 22.6 Å². The largest absolute Gasteiger partial charge is 0.296 e. The molecule has 128 valence electrons. The number of halogens is 1. The Labute approximate surface area is 156 Å². The molecule has 0 saturated heterocycles. The molecule has 0 aliphatic carbocycles. The van der Waals surface area contributed by atoms with Crippen LogP contribution in [-0.4, -0.2) is 35.9 Å². The Morgan fingerprint density at radius 3 is 2.73 bits per heavy atom. The van der Waals surface area contributed by atoms with Crippen molar-refractivity contribution < 1.29 is 4.79 Å². The maximum absolute atomic E-state index is 12.6. The van der Waals surface area contributed by atoms with Gasteiger partial charge in [-0.05, 0) is 24.3 Å². The summed E-state index contributed by atoms with van der Waals surface area (Å²) in [6.07, 6.45) is 6.17. The van der Waals surface area contributed by atoms with Crippen LogP contribution in [-0.2, 0) is 0 Å². The van der Waals surface area contributed by atoms with Crippen molar-refractivity contribution in [3.05, 3.63) is 65.1 Å². The van der Waals surface area contributed by atoms with Gasteiger partial charge in [0.2, 0.25) is 0 Å². The third-order valence-corrected chi connectivity index (χ3v) is 4.38. The van der Waals surface area contributed by atoms with Crippen LogP contribution >= 0.6 is 22.9 Å². The number of nitrogens with zero attached hydrogens (tertiary/aromatic N) is 6. The van der Waals surface area contributed by atoms with Gasteiger partial charge in [-0.2, -0.15) is 0 Å². The fourth-order valence-electron chi connectivity index (χ4n) is 2.20. The number of nitrogens with one attached hydrogen (secondary N) is 1. The van der Waals surface area contributed by atoms with Crippen LogP contribution in [0.15, 0.2) is 54.4 Å². The second-order valence-corrected chi connectivity index (χ2v) is 6.38. The molecule has 0 fully saturated rings. The lowest BCUT2D eigenvalue weighted by Gasteiger charge is -2.05. The SMILES string of the molecule is O=C(Nc1nc(-c2ccc(Cl)cn2)cs1)c1cnnn1-c1ccncc1. The average Bonchev–Trinajstić information content (AvgIpc) is 3.32. The quantitative estimate of drug-likeness (QED) is 0.581. The summed E-state index contributed by atoms with van der Waals surface area (Å²) in [6, 6.07) is 6.98. The van der Waals surface area contributed by atoms with Crippen LogP contribution in [0.5, 0.6) is 0 Å². The van der Waals surface area contributed by atoms with E-state index in [2.05, 4.69) is 30.6 Å². The van der Waals surface area contributed by atoms with Gasteiger partial charge in [0.15, 0.2) is 10.8 Å². The molecule has 0 radical (unpaired) electrons. The molecule has 4 heterocycles. The normalized spacial score (nSPS) is 10.7. The van der Waals surface area contributed by atoms with Gasteiger partial charge in [0.25, 0.3) is 5.91 Å². The van der Waals surface area contributed by atoms with Gasteiger partial charge in [0.1, 0.15) is 5.69 Å². The maximum Gasteiger partial charge on any atom is 0.277 e. The van der Waals surface area contributed by atoms with E-state index in [4.69, 9.17) is 11.6 Å². The van der Waals surface area contributed by atoms with Crippen molar-refractivity contribution in [2.24, 2.45) is 0 Å². The molecule has 10 heteroatoms. The first-order chi connectivity index (χ1) is 12.7. The molecule has 0 atom stereocenters. The van der Waals surface area contributed by atoms with Crippen LogP contribution in [0.1, 0.15) is 10.5 Å². The summed E-state index contributed by atoms with van der Waals surface area (Å²) < 4.78 is 1.44. The second-order valence-electron chi connectivity index (χ2n) is 5.09. The summed E-state index contributed by atoms with van der Waals surface area (Å²) in [7, 11) is 0. The molecule has 4 rings (SSSR count). The third-order valence-electron chi connectivity index (χ3n) is 3.40. The van der Waals surface area contributed by atoms with Crippen LogP contribution in [0.2, 0.25) is 5.02 Å². The van der Waals surface area contributed by atoms with E-state index in [9.17, 15) is 4.79 Å². The van der Waals surface area contributed by atoms with Crippen molar-refractivity contribution in [1.82, 2.24) is 29.9 Å². The minimum atomic E-state index is -0.364. The minimum absolute atomic E-state index is 0.289. The number of aromatic nitrogens is 6. The Morgan fingerprint density at radius 2 is 1.96 bits per heavy atom. The molecule has 26 heavy (non-hydrogen) atoms. The summed E-state index contributed by atoms with van der Waals surface area (Å²) >= 11 is 7.14. The van der Waals surface area contributed by atoms with E-state index in [-0.39, 0.29) is 11.6 Å². The number of carbonyl (C=O) groups is 1. The third kappa shape index (κ3) is 3.30. The van der Waals surface area contributed by atoms with E-state index in [1.165, 1.54) is 22.2 Å². The first-order valence-electron chi connectivity index (χ1n) is 7.40. The van der Waals surface area contributed by atoms with E-state index >= 15 is 0 Å². The lowest BCUT2D eigenvalue weighted by Crippen LogP contribution is -2.16. The highest BCUT2D eigenvalue weighted by Crippen LogP contribution is 2.24. The fourth-order valence-corrected chi connectivity index (χ4v) is 3.01. The topological polar surface area (TPSA) is 98.5 Å². The zero-order valence-corrected chi connectivity index (χ0v) is 14.6. The van der Waals surface area contributed by atoms with Gasteiger partial charge in [0, 0.05) is 24.0 Å². The van der Waals surface area contributed by atoms with Crippen LogP contribution in [0.4, 0.5) is 5.13 Å². The Kier molecular flexibility index (Phi) is 4.38. The Bertz CT molecular complexity index is 1050. The zero-order chi connectivity index (χ0) is 17.9. The molecule has 1 N–H and O–H groups in total. The molecule has 4 aromatic rings. The molecule has 0 spiro atoms. The number of anilines is 1. The van der Waals surface area contributed by atoms with Crippen LogP contribution in [0.3, 0.4) is 0 Å². The van der Waals surface area contributed by atoms with E-state index in [1.807, 2.05) is 5.38 Å². The summed E-state index contributed by atoms with van der Waals surface area (Å²) in [4.78, 5) is 25.1. The molecular formula is C16H10ClN7OS. The fraction of sp³-hybridized carbons (Fsp3) is 0. The van der Waals surface area contributed by atoms with E-state index in [1.54, 1.807) is 42.9 Å². The summed E-state index contributed by atoms with van der Waals surface area (Å²) in [5, 5.41) is 13.3. The second kappa shape index (κ2) is 6.98. The van der Waals surface area contributed by atoms with Gasteiger partial charge in [-0.3, -0.25) is 20.1 Å². The van der Waals surface area contributed by atoms with Crippen molar-refractivity contribution in [2.75, 3.05) is 5.32 Å². The zero-order valence-electron chi connectivity index (χ0n) is 13.1. The minimum Gasteiger partial charge on any atom is -0.296 e. The number of rotatable bonds is 4. The maximum atomic E-state index is 12.6. The highest BCUT2D eigenvalue weighted by Gasteiger charge is 2.16. The molecule has 4 aromatic heterocycles. The summed E-state index contributed by atoms with van der Waals surface area (Å²) in [5.74, 6) is -0.364. The molecule has 0 aliphatic heterocycles. The number of pyridine rings is 2. The van der Waals surface area contributed by atoms with Gasteiger partial charge in [-0.15, -0.1) is 16.4 Å². The summed E-state index contributed by atoms with van der Waals surface area (Å²) in [6.45, 7) is 0. The molecule has 0 unspecified atom stereocenters. The van der Waals surface area contributed by atoms with Crippen molar-refractivity contribution in [1.29, 1.82) is 0 Å². The van der Waals surface area contributed by atoms with Crippen molar-refractivity contribution in [2.45, 2.75) is 0 Å². The lowest BCUT2D eigenvalue weighted by molar-refractivity contribution is 0.101. The standard InChI is InChI=1S/C16H10ClN7OS/c17-10-1-2-12(19-7-10)13-9-26-16(21-13)22-15(25)14-8-20-23-24(14)11-3-5-18-6-4-11/h1-9H,(H,21,22,25). The van der Waals surface area contributed by atoms with Gasteiger partial charge >= 0.3 is 0 Å². The molecule has 0 saturated carbocycles. The number of amides is 1. The predicted molar refractivity (Wildman–Crippen MR) is 97.5 cm³/mol. The Balaban J connectivity index is 1.55.